The van der Waals surface area contributed by atoms with Gasteiger partial charge in [0.1, 0.15) is 40.4 Å². The first-order valence-corrected chi connectivity index (χ1v) is 15.4. The van der Waals surface area contributed by atoms with Gasteiger partial charge in [-0.2, -0.15) is 0 Å². The Balaban J connectivity index is 2.51. The monoisotopic (exact) mass is 707 g/mol. The largest absolute Gasteiger partial charge is 0.395 e. The van der Waals surface area contributed by atoms with E-state index in [0.29, 0.717) is 22.6 Å². The van der Waals surface area contributed by atoms with Crippen molar-refractivity contribution in [2.45, 2.75) is 47.3 Å². The number of aryl methyl sites for hydroxylation is 2. The Hall–Kier alpha value is -5.21. The number of halogens is 1. The third-order valence-electron chi connectivity index (χ3n) is 7.33. The summed E-state index contributed by atoms with van der Waals surface area (Å²) in [6.07, 6.45) is -1.05. The van der Waals surface area contributed by atoms with Gasteiger partial charge in [0.25, 0.3) is 5.69 Å². The highest BCUT2D eigenvalue weighted by Gasteiger charge is 2.36. The molecule has 0 aliphatic rings. The lowest BCUT2D eigenvalue weighted by molar-refractivity contribution is -0.384. The van der Waals surface area contributed by atoms with Crippen molar-refractivity contribution in [3.05, 3.63) is 70.8 Å². The van der Waals surface area contributed by atoms with E-state index in [0.717, 1.165) is 11.1 Å². The van der Waals surface area contributed by atoms with Crippen LogP contribution in [-0.2, 0) is 6.42 Å². The first-order valence-electron chi connectivity index (χ1n) is 15.0. The van der Waals surface area contributed by atoms with Crippen molar-refractivity contribution in [1.82, 2.24) is 0 Å². The SMILES string of the molecule is CCc1ccc(Nc2c(N(O)CC)c(Cl)c(NC(C)O)c(Nc3cc(C)c(N(O)CC)cc3[N+](=O)[O-])c2[N+](=O)[O-])c([N+](=O)[O-])c1NCCO. The molecule has 0 aliphatic carbocycles. The third-order valence-corrected chi connectivity index (χ3v) is 7.70. The second kappa shape index (κ2) is 16.3. The Morgan fingerprint density at radius 2 is 1.47 bits per heavy atom. The molecule has 20 heteroatoms. The number of nitro benzene ring substituents is 3. The molecule has 0 bridgehead atoms. The number of benzene rings is 3. The number of anilines is 8. The van der Waals surface area contributed by atoms with Crippen molar-refractivity contribution < 1.29 is 35.4 Å². The van der Waals surface area contributed by atoms with E-state index < -0.39 is 60.1 Å². The van der Waals surface area contributed by atoms with Crippen molar-refractivity contribution in [3.63, 3.8) is 0 Å². The van der Waals surface area contributed by atoms with Crippen molar-refractivity contribution in [3.8, 4) is 0 Å². The van der Waals surface area contributed by atoms with Crippen molar-refractivity contribution >= 4 is 74.2 Å². The van der Waals surface area contributed by atoms with E-state index in [-0.39, 0.29) is 54.7 Å². The summed E-state index contributed by atoms with van der Waals surface area (Å²) in [4.78, 5) is 35.2. The summed E-state index contributed by atoms with van der Waals surface area (Å²) in [5, 5.41) is 90.3. The molecular weight excluding hydrogens is 670 g/mol. The molecule has 0 radical (unpaired) electrons. The fourth-order valence-electron chi connectivity index (χ4n) is 5.11. The van der Waals surface area contributed by atoms with Crippen molar-refractivity contribution in [1.29, 1.82) is 0 Å². The number of hydrogen-bond acceptors (Lipinski definition) is 16. The van der Waals surface area contributed by atoms with Gasteiger partial charge in [0.15, 0.2) is 0 Å². The van der Waals surface area contributed by atoms with Gasteiger partial charge in [0.2, 0.25) is 0 Å². The van der Waals surface area contributed by atoms with Crippen LogP contribution in [0.2, 0.25) is 5.02 Å². The second-order valence-electron chi connectivity index (χ2n) is 10.6. The number of rotatable bonds is 17. The minimum atomic E-state index is -1.40. The van der Waals surface area contributed by atoms with Gasteiger partial charge in [-0.05, 0) is 57.4 Å². The van der Waals surface area contributed by atoms with Crippen LogP contribution in [0, 0.1) is 37.3 Å². The molecule has 49 heavy (non-hydrogen) atoms. The van der Waals surface area contributed by atoms with Gasteiger partial charge in [0.05, 0.1) is 37.8 Å². The minimum Gasteiger partial charge on any atom is -0.395 e. The molecule has 0 saturated carbocycles. The molecular formula is C29H38ClN9O10. The van der Waals surface area contributed by atoms with Crippen LogP contribution >= 0.6 is 11.6 Å². The molecule has 0 amide bonds. The van der Waals surface area contributed by atoms with Gasteiger partial charge in [0, 0.05) is 25.7 Å². The maximum atomic E-state index is 13.0. The third kappa shape index (κ3) is 8.09. The van der Waals surface area contributed by atoms with E-state index >= 15 is 0 Å². The Morgan fingerprint density at radius 3 is 1.98 bits per heavy atom. The highest BCUT2D eigenvalue weighted by Crippen LogP contribution is 2.54. The summed E-state index contributed by atoms with van der Waals surface area (Å²) in [6.45, 7) is 7.17. The number of nitrogens with one attached hydrogen (secondary N) is 4. The molecule has 3 rings (SSSR count). The molecule has 0 saturated heterocycles. The molecule has 0 aliphatic heterocycles. The predicted molar refractivity (Wildman–Crippen MR) is 185 cm³/mol. The fraction of sp³-hybridized carbons (Fsp3) is 0.379. The van der Waals surface area contributed by atoms with E-state index in [2.05, 4.69) is 21.3 Å². The maximum absolute atomic E-state index is 13.0. The average Bonchev–Trinajstić information content (AvgIpc) is 3.04. The normalized spacial score (nSPS) is 11.5. The van der Waals surface area contributed by atoms with Gasteiger partial charge in [-0.3, -0.25) is 50.9 Å². The molecule has 0 fully saturated rings. The van der Waals surface area contributed by atoms with E-state index in [9.17, 15) is 51.0 Å². The zero-order valence-corrected chi connectivity index (χ0v) is 28.0. The smallest absolute Gasteiger partial charge is 0.320 e. The molecule has 3 aromatic carbocycles. The van der Waals surface area contributed by atoms with E-state index in [1.54, 1.807) is 20.8 Å². The number of hydrogen-bond donors (Lipinski definition) is 8. The van der Waals surface area contributed by atoms with E-state index in [1.807, 2.05) is 0 Å². The molecule has 3 aromatic rings. The Labute approximate surface area is 285 Å². The summed E-state index contributed by atoms with van der Waals surface area (Å²) in [5.74, 6) is 0. The topological polar surface area (TPSA) is 265 Å². The highest BCUT2D eigenvalue weighted by molar-refractivity contribution is 6.38. The van der Waals surface area contributed by atoms with Crippen LogP contribution in [0.15, 0.2) is 24.3 Å². The van der Waals surface area contributed by atoms with E-state index in [1.165, 1.54) is 32.0 Å². The number of aliphatic hydroxyl groups excluding tert-OH is 2. The molecule has 266 valence electrons. The lowest BCUT2D eigenvalue weighted by Gasteiger charge is -2.26. The molecule has 0 heterocycles. The molecule has 19 nitrogen and oxygen atoms in total. The molecule has 0 aromatic heterocycles. The summed E-state index contributed by atoms with van der Waals surface area (Å²) < 4.78 is 0. The molecule has 1 atom stereocenters. The molecule has 8 N–H and O–H groups in total. The number of nitro groups is 3. The van der Waals surface area contributed by atoms with Crippen LogP contribution in [0.5, 0.6) is 0 Å². The lowest BCUT2D eigenvalue weighted by atomic mass is 10.1. The maximum Gasteiger partial charge on any atom is 0.320 e. The van der Waals surface area contributed by atoms with Gasteiger partial charge >= 0.3 is 11.4 Å². The molecule has 0 spiro atoms. The second-order valence-corrected chi connectivity index (χ2v) is 10.9. The number of aliphatic hydroxyl groups is 2. The van der Waals surface area contributed by atoms with Gasteiger partial charge in [-0.1, -0.05) is 24.6 Å². The summed E-state index contributed by atoms with van der Waals surface area (Å²) in [6, 6.07) is 5.19. The van der Waals surface area contributed by atoms with E-state index in [4.69, 9.17) is 11.6 Å². The van der Waals surface area contributed by atoms with Crippen LogP contribution in [0.4, 0.5) is 62.6 Å². The Bertz CT molecular complexity index is 1740. The highest BCUT2D eigenvalue weighted by atomic mass is 35.5. The van der Waals surface area contributed by atoms with Crippen molar-refractivity contribution in [2.75, 3.05) is 57.6 Å². The van der Waals surface area contributed by atoms with Gasteiger partial charge in [-0.25, -0.2) is 0 Å². The summed E-state index contributed by atoms with van der Waals surface area (Å²) in [5.41, 5.74) is -3.35. The lowest BCUT2D eigenvalue weighted by Crippen LogP contribution is -2.22. The van der Waals surface area contributed by atoms with Crippen LogP contribution in [-0.4, -0.2) is 67.9 Å². The quantitative estimate of drug-likeness (QED) is 0.0453. The van der Waals surface area contributed by atoms with Gasteiger partial charge < -0.3 is 31.5 Å². The first-order chi connectivity index (χ1) is 23.1. The Kier molecular flexibility index (Phi) is 12.7. The zero-order chi connectivity index (χ0) is 36.7. The number of nitrogens with zero attached hydrogens (tertiary/aromatic N) is 5. The fourth-order valence-corrected chi connectivity index (χ4v) is 5.45. The van der Waals surface area contributed by atoms with Crippen molar-refractivity contribution in [2.24, 2.45) is 0 Å². The number of hydroxylamine groups is 2. The molecule has 1 unspecified atom stereocenters. The van der Waals surface area contributed by atoms with Crippen LogP contribution in [0.25, 0.3) is 0 Å². The Morgan fingerprint density at radius 1 is 0.857 bits per heavy atom. The summed E-state index contributed by atoms with van der Waals surface area (Å²) >= 11 is 6.79. The van der Waals surface area contributed by atoms with Crippen LogP contribution in [0.1, 0.15) is 38.8 Å². The predicted octanol–water partition coefficient (Wildman–Crippen LogP) is 6.01. The van der Waals surface area contributed by atoms with Crippen LogP contribution in [0.3, 0.4) is 0 Å². The van der Waals surface area contributed by atoms with Crippen LogP contribution < -0.4 is 31.4 Å². The minimum absolute atomic E-state index is 0.0418. The average molecular weight is 708 g/mol. The first kappa shape index (κ1) is 38.2. The van der Waals surface area contributed by atoms with Gasteiger partial charge in [-0.15, -0.1) is 0 Å². The zero-order valence-electron chi connectivity index (χ0n) is 27.3. The standard InChI is InChI=1S/C29H38ClN9O10/c1-6-17-9-10-18(27(38(46)47)23(17)31-11-12-40)33-26-28(36(43)8-3)22(30)24(32-16(5)41)25(29(26)39(48)49)34-19-13-15(4)20(35(42)7-2)14-21(19)37(44)45/h9-10,13-14,16,31-34,40-43H,6-8,11-12H2,1-5H3. The summed E-state index contributed by atoms with van der Waals surface area (Å²) in [7, 11) is 0.